The molecule has 1 aromatic rings. The number of nitrogens with one attached hydrogen (secondary N) is 1. The highest BCUT2D eigenvalue weighted by Crippen LogP contribution is 2.33. The second kappa shape index (κ2) is 7.35. The Morgan fingerprint density at radius 2 is 2.00 bits per heavy atom. The molecular formula is C19H30N2O2. The van der Waals surface area contributed by atoms with Gasteiger partial charge in [-0.2, -0.15) is 0 Å². The van der Waals surface area contributed by atoms with E-state index in [4.69, 9.17) is 0 Å². The summed E-state index contributed by atoms with van der Waals surface area (Å²) in [6, 6.07) is 6.14. The van der Waals surface area contributed by atoms with Crippen molar-refractivity contribution in [2.75, 3.05) is 18.9 Å². The van der Waals surface area contributed by atoms with Gasteiger partial charge in [-0.15, -0.1) is 0 Å². The first-order valence-electron chi connectivity index (χ1n) is 8.61. The van der Waals surface area contributed by atoms with Crippen LogP contribution in [0.1, 0.15) is 49.5 Å². The predicted molar refractivity (Wildman–Crippen MR) is 94.8 cm³/mol. The summed E-state index contributed by atoms with van der Waals surface area (Å²) < 4.78 is 0. The van der Waals surface area contributed by atoms with Crippen molar-refractivity contribution in [1.82, 2.24) is 4.90 Å². The predicted octanol–water partition coefficient (Wildman–Crippen LogP) is 3.29. The largest absolute Gasteiger partial charge is 0.391 e. The lowest BCUT2D eigenvalue weighted by molar-refractivity contribution is 0.0645. The number of hydrogen-bond acceptors (Lipinski definition) is 3. The van der Waals surface area contributed by atoms with Crippen LogP contribution in [0, 0.1) is 18.8 Å². The number of hydrogen-bond donors (Lipinski definition) is 2. The maximum atomic E-state index is 12.7. The van der Waals surface area contributed by atoms with Crippen molar-refractivity contribution in [1.29, 1.82) is 0 Å². The number of carbonyl (C=O) groups is 1. The molecule has 0 radical (unpaired) electrons. The van der Waals surface area contributed by atoms with Crippen molar-refractivity contribution in [3.63, 3.8) is 0 Å². The summed E-state index contributed by atoms with van der Waals surface area (Å²) >= 11 is 0. The topological polar surface area (TPSA) is 52.6 Å². The number of aliphatic hydroxyl groups excluding tert-OH is 1. The van der Waals surface area contributed by atoms with Crippen LogP contribution in [0.15, 0.2) is 18.2 Å². The van der Waals surface area contributed by atoms with Gasteiger partial charge >= 0.3 is 0 Å². The van der Waals surface area contributed by atoms with Crippen LogP contribution in [0.25, 0.3) is 0 Å². The molecule has 2 rings (SSSR count). The first kappa shape index (κ1) is 17.8. The highest BCUT2D eigenvalue weighted by Gasteiger charge is 2.31. The molecule has 1 aromatic carbocycles. The highest BCUT2D eigenvalue weighted by molar-refractivity contribution is 5.97. The van der Waals surface area contributed by atoms with E-state index < -0.39 is 6.10 Å². The Balaban J connectivity index is 2.10. The smallest absolute Gasteiger partial charge is 0.254 e. The third-order valence-corrected chi connectivity index (χ3v) is 4.92. The molecule has 4 heteroatoms. The van der Waals surface area contributed by atoms with E-state index in [0.29, 0.717) is 30.0 Å². The molecular weight excluding hydrogens is 288 g/mol. The van der Waals surface area contributed by atoms with Gasteiger partial charge in [0.05, 0.1) is 6.10 Å². The number of likely N-dealkylation sites (N-methyl/N-ethyl adjacent to an activating group) is 1. The van der Waals surface area contributed by atoms with Gasteiger partial charge in [0, 0.05) is 30.9 Å². The van der Waals surface area contributed by atoms with E-state index in [1.54, 1.807) is 11.9 Å². The Morgan fingerprint density at radius 1 is 1.35 bits per heavy atom. The minimum absolute atomic E-state index is 0.0250. The SMILES string of the molecule is Cc1c(NC(C)C(C)C)cccc1C(=O)N(C)CC(O)C1CC1. The minimum Gasteiger partial charge on any atom is -0.391 e. The van der Waals surface area contributed by atoms with Gasteiger partial charge in [0.15, 0.2) is 0 Å². The third-order valence-electron chi connectivity index (χ3n) is 4.92. The molecule has 4 nitrogen and oxygen atoms in total. The van der Waals surface area contributed by atoms with Crippen molar-refractivity contribution in [2.45, 2.75) is 52.7 Å². The second-order valence-corrected chi connectivity index (χ2v) is 7.25. The number of aliphatic hydroxyl groups is 1. The lowest BCUT2D eigenvalue weighted by Crippen LogP contribution is -2.35. The standard InChI is InChI=1S/C19H30N2O2/c1-12(2)14(4)20-17-8-6-7-16(13(17)3)19(23)21(5)11-18(22)15-9-10-15/h6-8,12,14-15,18,20,22H,9-11H2,1-5H3. The van der Waals surface area contributed by atoms with Crippen molar-refractivity contribution in [2.24, 2.45) is 11.8 Å². The molecule has 0 aromatic heterocycles. The zero-order valence-corrected chi connectivity index (χ0v) is 15.0. The molecule has 1 amide bonds. The molecule has 1 saturated carbocycles. The van der Waals surface area contributed by atoms with Gasteiger partial charge in [-0.1, -0.05) is 19.9 Å². The van der Waals surface area contributed by atoms with E-state index in [2.05, 4.69) is 26.1 Å². The first-order chi connectivity index (χ1) is 10.8. The van der Waals surface area contributed by atoms with Crippen LogP contribution in [-0.2, 0) is 0 Å². The van der Waals surface area contributed by atoms with E-state index in [1.165, 1.54) is 0 Å². The molecule has 0 aliphatic heterocycles. The van der Waals surface area contributed by atoms with Crippen LogP contribution in [0.3, 0.4) is 0 Å². The van der Waals surface area contributed by atoms with Gasteiger partial charge in [0.25, 0.3) is 5.91 Å². The maximum Gasteiger partial charge on any atom is 0.254 e. The summed E-state index contributed by atoms with van der Waals surface area (Å²) in [7, 11) is 1.77. The van der Waals surface area contributed by atoms with Crippen molar-refractivity contribution in [3.8, 4) is 0 Å². The summed E-state index contributed by atoms with van der Waals surface area (Å²) in [6.45, 7) is 8.89. The van der Waals surface area contributed by atoms with E-state index in [1.807, 2.05) is 25.1 Å². The van der Waals surface area contributed by atoms with Gasteiger partial charge in [-0.25, -0.2) is 0 Å². The van der Waals surface area contributed by atoms with Gasteiger partial charge in [0.1, 0.15) is 0 Å². The molecule has 128 valence electrons. The molecule has 1 aliphatic rings. The van der Waals surface area contributed by atoms with Crippen LogP contribution >= 0.6 is 0 Å². The number of anilines is 1. The van der Waals surface area contributed by atoms with Crippen LogP contribution in [0.5, 0.6) is 0 Å². The summed E-state index contributed by atoms with van der Waals surface area (Å²) in [5.74, 6) is 0.874. The average Bonchev–Trinajstić information content (AvgIpc) is 3.33. The lowest BCUT2D eigenvalue weighted by atomic mass is 10.0. The molecule has 1 fully saturated rings. The van der Waals surface area contributed by atoms with Crippen molar-refractivity contribution in [3.05, 3.63) is 29.3 Å². The normalized spacial score (nSPS) is 17.0. The fourth-order valence-corrected chi connectivity index (χ4v) is 2.63. The van der Waals surface area contributed by atoms with Crippen LogP contribution in [-0.4, -0.2) is 41.7 Å². The number of nitrogens with zero attached hydrogens (tertiary/aromatic N) is 1. The lowest BCUT2D eigenvalue weighted by Gasteiger charge is -2.24. The zero-order chi connectivity index (χ0) is 17.1. The Hall–Kier alpha value is -1.55. The molecule has 0 bridgehead atoms. The van der Waals surface area contributed by atoms with E-state index in [9.17, 15) is 9.90 Å². The first-order valence-corrected chi connectivity index (χ1v) is 8.61. The molecule has 0 saturated heterocycles. The summed E-state index contributed by atoms with van der Waals surface area (Å²) in [5.41, 5.74) is 2.68. The van der Waals surface area contributed by atoms with Crippen molar-refractivity contribution < 1.29 is 9.90 Å². The monoisotopic (exact) mass is 318 g/mol. The van der Waals surface area contributed by atoms with Crippen LogP contribution in [0.4, 0.5) is 5.69 Å². The van der Waals surface area contributed by atoms with Crippen LogP contribution in [0.2, 0.25) is 0 Å². The fraction of sp³-hybridized carbons (Fsp3) is 0.632. The molecule has 2 N–H and O–H groups in total. The number of amides is 1. The van der Waals surface area contributed by atoms with E-state index >= 15 is 0 Å². The van der Waals surface area contributed by atoms with Crippen LogP contribution < -0.4 is 5.32 Å². The molecule has 2 atom stereocenters. The number of benzene rings is 1. The average molecular weight is 318 g/mol. The molecule has 0 heterocycles. The van der Waals surface area contributed by atoms with Gasteiger partial charge in [0.2, 0.25) is 0 Å². The number of rotatable bonds is 7. The van der Waals surface area contributed by atoms with E-state index in [0.717, 1.165) is 24.1 Å². The highest BCUT2D eigenvalue weighted by atomic mass is 16.3. The van der Waals surface area contributed by atoms with Gasteiger partial charge in [-0.05, 0) is 56.2 Å². The summed E-state index contributed by atoms with van der Waals surface area (Å²) in [4.78, 5) is 14.3. The minimum atomic E-state index is -0.397. The molecule has 1 aliphatic carbocycles. The third kappa shape index (κ3) is 4.47. The Bertz CT molecular complexity index is 552. The van der Waals surface area contributed by atoms with Gasteiger partial charge < -0.3 is 15.3 Å². The molecule has 2 unspecified atom stereocenters. The molecule has 23 heavy (non-hydrogen) atoms. The zero-order valence-electron chi connectivity index (χ0n) is 15.0. The summed E-state index contributed by atoms with van der Waals surface area (Å²) in [5, 5.41) is 13.5. The van der Waals surface area contributed by atoms with Crippen molar-refractivity contribution >= 4 is 11.6 Å². The van der Waals surface area contributed by atoms with E-state index in [-0.39, 0.29) is 5.91 Å². The quantitative estimate of drug-likeness (QED) is 0.811. The fourth-order valence-electron chi connectivity index (χ4n) is 2.63. The maximum absolute atomic E-state index is 12.7. The Kier molecular flexibility index (Phi) is 5.69. The second-order valence-electron chi connectivity index (χ2n) is 7.25. The van der Waals surface area contributed by atoms with Gasteiger partial charge in [-0.3, -0.25) is 4.79 Å². The Morgan fingerprint density at radius 3 is 2.57 bits per heavy atom. The number of carbonyl (C=O) groups excluding carboxylic acids is 1. The Labute approximate surface area is 139 Å². The summed E-state index contributed by atoms with van der Waals surface area (Å²) in [6.07, 6.45) is 1.76. The molecule has 0 spiro atoms.